The van der Waals surface area contributed by atoms with Crippen LogP contribution in [0, 0.1) is 0 Å². The first kappa shape index (κ1) is 6.76. The second kappa shape index (κ2) is 1.70. The fraction of sp³-hybridized carbons (Fsp3) is 0.750. The molecule has 0 amide bonds. The summed E-state index contributed by atoms with van der Waals surface area (Å²) < 4.78 is 0. The van der Waals surface area contributed by atoms with E-state index in [1.807, 2.05) is 0 Å². The minimum atomic E-state index is -1.24. The van der Waals surface area contributed by atoms with Crippen molar-refractivity contribution in [1.29, 1.82) is 0 Å². The number of carbonyl (C=O) groups is 1. The zero-order chi connectivity index (χ0) is 6.08. The van der Waals surface area contributed by atoms with Crippen LogP contribution in [0.5, 0.6) is 0 Å². The van der Waals surface area contributed by atoms with E-state index in [4.69, 9.17) is 11.6 Å². The van der Waals surface area contributed by atoms with Gasteiger partial charge in [0.15, 0.2) is 0 Å². The fourth-order valence-electron chi connectivity index (χ4n) is 0. The standard InChI is InChI=1S/C4H6ClO2/c1-4(2,5)3(6)7/h1-2H3. The molecule has 0 aliphatic carbocycles. The van der Waals surface area contributed by atoms with Crippen molar-refractivity contribution in [3.8, 4) is 0 Å². The molecule has 0 heterocycles. The molecule has 0 saturated carbocycles. The van der Waals surface area contributed by atoms with Crippen molar-refractivity contribution < 1.29 is 9.90 Å². The van der Waals surface area contributed by atoms with E-state index < -0.39 is 10.8 Å². The van der Waals surface area contributed by atoms with Crippen LogP contribution in [0.2, 0.25) is 0 Å². The molecule has 3 heteroatoms. The van der Waals surface area contributed by atoms with Crippen LogP contribution in [-0.2, 0) is 9.90 Å². The van der Waals surface area contributed by atoms with E-state index in [0.717, 1.165) is 0 Å². The molecule has 0 saturated heterocycles. The van der Waals surface area contributed by atoms with Gasteiger partial charge in [-0.1, -0.05) is 0 Å². The van der Waals surface area contributed by atoms with Crippen LogP contribution >= 0.6 is 11.6 Å². The maximum atomic E-state index is 9.78. The number of hydrogen-bond donors (Lipinski definition) is 0. The Hall–Kier alpha value is -0.240. The average molecular weight is 122 g/mol. The summed E-state index contributed by atoms with van der Waals surface area (Å²) in [6.45, 7) is 2.73. The molecule has 0 atom stereocenters. The van der Waals surface area contributed by atoms with Crippen LogP contribution in [0.1, 0.15) is 13.8 Å². The Balaban J connectivity index is 3.79. The Kier molecular flexibility index (Phi) is 1.64. The SMILES string of the molecule is CC(C)(Cl)C([O])=O. The molecular weight excluding hydrogens is 115 g/mol. The summed E-state index contributed by atoms with van der Waals surface area (Å²) in [5.74, 6) is -1.24. The minimum absolute atomic E-state index is 1.22. The molecule has 0 aliphatic heterocycles. The Morgan fingerprint density at radius 2 is 1.71 bits per heavy atom. The highest BCUT2D eigenvalue weighted by Crippen LogP contribution is 2.11. The quantitative estimate of drug-likeness (QED) is 0.476. The molecule has 0 unspecified atom stereocenters. The molecule has 0 aromatic carbocycles. The van der Waals surface area contributed by atoms with E-state index in [1.165, 1.54) is 13.8 Å². The van der Waals surface area contributed by atoms with Crippen molar-refractivity contribution in [3.05, 3.63) is 0 Å². The van der Waals surface area contributed by atoms with Crippen LogP contribution in [0.25, 0.3) is 0 Å². The molecule has 0 bridgehead atoms. The molecule has 0 N–H and O–H groups in total. The number of alkyl halides is 1. The predicted octanol–water partition coefficient (Wildman–Crippen LogP) is 0.961. The third-order valence-electron chi connectivity index (χ3n) is 0.485. The van der Waals surface area contributed by atoms with Crippen molar-refractivity contribution in [2.24, 2.45) is 0 Å². The predicted molar refractivity (Wildman–Crippen MR) is 25.6 cm³/mol. The highest BCUT2D eigenvalue weighted by molar-refractivity contribution is 6.32. The van der Waals surface area contributed by atoms with Crippen molar-refractivity contribution >= 4 is 17.6 Å². The van der Waals surface area contributed by atoms with Gasteiger partial charge in [-0.15, -0.1) is 11.6 Å². The van der Waals surface area contributed by atoms with Gasteiger partial charge in [0.25, 0.3) is 0 Å². The first-order chi connectivity index (χ1) is 2.94. The summed E-state index contributed by atoms with van der Waals surface area (Å²) in [6, 6.07) is 0. The van der Waals surface area contributed by atoms with E-state index in [0.29, 0.717) is 0 Å². The molecule has 0 rings (SSSR count). The van der Waals surface area contributed by atoms with Gasteiger partial charge in [0.1, 0.15) is 4.87 Å². The first-order valence-corrected chi connectivity index (χ1v) is 2.23. The van der Waals surface area contributed by atoms with E-state index in [-0.39, 0.29) is 0 Å². The molecule has 0 aromatic rings. The maximum Gasteiger partial charge on any atom is 0.375 e. The summed E-state index contributed by atoms with van der Waals surface area (Å²) in [6.07, 6.45) is 0. The van der Waals surface area contributed by atoms with Crippen molar-refractivity contribution in [3.63, 3.8) is 0 Å². The smallest absolute Gasteiger partial charge is 0.245 e. The summed E-state index contributed by atoms with van der Waals surface area (Å²) >= 11 is 5.21. The lowest BCUT2D eigenvalue weighted by Gasteiger charge is -2.03. The van der Waals surface area contributed by atoms with Gasteiger partial charge < -0.3 is 0 Å². The van der Waals surface area contributed by atoms with Crippen LogP contribution in [0.15, 0.2) is 0 Å². The number of hydrogen-bond acceptors (Lipinski definition) is 1. The molecule has 7 heavy (non-hydrogen) atoms. The topological polar surface area (TPSA) is 37.0 Å². The molecule has 0 aromatic heterocycles. The Morgan fingerprint density at radius 1 is 1.57 bits per heavy atom. The molecule has 2 nitrogen and oxygen atoms in total. The fourth-order valence-corrected chi connectivity index (χ4v) is 0. The summed E-state index contributed by atoms with van der Waals surface area (Å²) in [5.41, 5.74) is 0. The lowest BCUT2D eigenvalue weighted by atomic mass is 10.2. The molecular formula is C4H6ClO2. The first-order valence-electron chi connectivity index (χ1n) is 1.85. The van der Waals surface area contributed by atoms with Gasteiger partial charge in [-0.3, -0.25) is 0 Å². The molecule has 1 radical (unpaired) electrons. The number of carbonyl (C=O) groups excluding carboxylic acids is 1. The van der Waals surface area contributed by atoms with Gasteiger partial charge in [-0.05, 0) is 13.8 Å². The van der Waals surface area contributed by atoms with E-state index in [9.17, 15) is 9.90 Å². The van der Waals surface area contributed by atoms with Crippen molar-refractivity contribution in [2.45, 2.75) is 18.7 Å². The van der Waals surface area contributed by atoms with Gasteiger partial charge >= 0.3 is 5.97 Å². The number of rotatable bonds is 1. The second-order valence-corrected chi connectivity index (χ2v) is 2.70. The Bertz CT molecular complexity index is 82.2. The Labute approximate surface area is 47.1 Å². The van der Waals surface area contributed by atoms with Crippen molar-refractivity contribution in [2.75, 3.05) is 0 Å². The highest BCUT2D eigenvalue weighted by atomic mass is 35.5. The van der Waals surface area contributed by atoms with Crippen LogP contribution in [0.4, 0.5) is 0 Å². The third-order valence-corrected chi connectivity index (χ3v) is 0.640. The summed E-state index contributed by atoms with van der Waals surface area (Å²) in [7, 11) is 0. The molecule has 41 valence electrons. The van der Waals surface area contributed by atoms with Gasteiger partial charge in [0.05, 0.1) is 0 Å². The van der Waals surface area contributed by atoms with E-state index in [1.54, 1.807) is 0 Å². The van der Waals surface area contributed by atoms with Gasteiger partial charge in [0, 0.05) is 0 Å². The van der Waals surface area contributed by atoms with Gasteiger partial charge in [-0.25, -0.2) is 9.90 Å². The van der Waals surface area contributed by atoms with Crippen LogP contribution < -0.4 is 0 Å². The largest absolute Gasteiger partial charge is 0.375 e. The van der Waals surface area contributed by atoms with E-state index in [2.05, 4.69) is 0 Å². The van der Waals surface area contributed by atoms with Crippen LogP contribution in [-0.4, -0.2) is 10.8 Å². The average Bonchev–Trinajstić information content (AvgIpc) is 1.31. The Morgan fingerprint density at radius 3 is 1.71 bits per heavy atom. The van der Waals surface area contributed by atoms with Crippen LogP contribution in [0.3, 0.4) is 0 Å². The summed E-state index contributed by atoms with van der Waals surface area (Å²) in [5, 5.41) is 9.78. The normalized spacial score (nSPS) is 11.3. The third kappa shape index (κ3) is 2.45. The zero-order valence-electron chi connectivity index (χ0n) is 4.19. The minimum Gasteiger partial charge on any atom is -0.245 e. The molecule has 0 fully saturated rings. The van der Waals surface area contributed by atoms with Gasteiger partial charge in [0.2, 0.25) is 0 Å². The van der Waals surface area contributed by atoms with Crippen molar-refractivity contribution in [1.82, 2.24) is 0 Å². The van der Waals surface area contributed by atoms with E-state index >= 15 is 0 Å². The second-order valence-electron chi connectivity index (χ2n) is 1.76. The van der Waals surface area contributed by atoms with Gasteiger partial charge in [-0.2, -0.15) is 0 Å². The monoisotopic (exact) mass is 121 g/mol. The maximum absolute atomic E-state index is 9.78. The molecule has 0 aliphatic rings. The molecule has 0 spiro atoms. The lowest BCUT2D eigenvalue weighted by Crippen LogP contribution is -2.22. The number of halogens is 1. The zero-order valence-corrected chi connectivity index (χ0v) is 4.95. The summed E-state index contributed by atoms with van der Waals surface area (Å²) in [4.78, 5) is 8.56. The lowest BCUT2D eigenvalue weighted by molar-refractivity contribution is -0.145. The highest BCUT2D eigenvalue weighted by Gasteiger charge is 2.24.